The van der Waals surface area contributed by atoms with Crippen molar-refractivity contribution in [1.29, 1.82) is 0 Å². The molecule has 0 heterocycles. The van der Waals surface area contributed by atoms with E-state index in [-0.39, 0.29) is 12.1 Å². The number of benzene rings is 1. The molecule has 0 saturated heterocycles. The molecule has 1 saturated carbocycles. The summed E-state index contributed by atoms with van der Waals surface area (Å²) in [6, 6.07) is 7.48. The highest BCUT2D eigenvalue weighted by atomic mass is 16.5. The Balaban J connectivity index is 1.96. The Hall–Kier alpha value is -1.59. The van der Waals surface area contributed by atoms with Crippen LogP contribution in [0.4, 0.5) is 0 Å². The maximum Gasteiger partial charge on any atom is 0.338 e. The van der Waals surface area contributed by atoms with Crippen LogP contribution in [-0.2, 0) is 4.74 Å². The fourth-order valence-electron chi connectivity index (χ4n) is 3.48. The molecule has 0 bridgehead atoms. The fraction of sp³-hybridized carbons (Fsp3) is 0.650. The van der Waals surface area contributed by atoms with Crippen molar-refractivity contribution >= 4 is 5.97 Å². The lowest BCUT2D eigenvalue weighted by Gasteiger charge is -2.37. The Kier molecular flexibility index (Phi) is 7.72. The van der Waals surface area contributed by atoms with Crippen LogP contribution in [0.1, 0.15) is 42.5 Å². The summed E-state index contributed by atoms with van der Waals surface area (Å²) in [6.07, 6.45) is 5.45. The lowest BCUT2D eigenvalue weighted by molar-refractivity contribution is -0.0123. The quantitative estimate of drug-likeness (QED) is 0.676. The number of likely N-dealkylation sites (N-methyl/N-ethyl adjacent to an activating group) is 1. The zero-order chi connectivity index (χ0) is 18.2. The third-order valence-electron chi connectivity index (χ3n) is 4.91. The molecular formula is C20H32N2O3. The van der Waals surface area contributed by atoms with Crippen molar-refractivity contribution in [3.8, 4) is 5.75 Å². The van der Waals surface area contributed by atoms with Crippen molar-refractivity contribution in [3.63, 3.8) is 0 Å². The van der Waals surface area contributed by atoms with Gasteiger partial charge in [-0.05, 0) is 78.1 Å². The Labute approximate surface area is 151 Å². The van der Waals surface area contributed by atoms with Crippen LogP contribution in [-0.4, -0.2) is 69.3 Å². The molecule has 1 aromatic rings. The molecule has 0 aromatic heterocycles. The van der Waals surface area contributed by atoms with Crippen LogP contribution in [0.15, 0.2) is 24.3 Å². The van der Waals surface area contributed by atoms with Gasteiger partial charge in [-0.25, -0.2) is 4.79 Å². The monoisotopic (exact) mass is 348 g/mol. The minimum Gasteiger partial charge on any atom is -0.497 e. The van der Waals surface area contributed by atoms with E-state index >= 15 is 0 Å². The molecule has 1 fully saturated rings. The average molecular weight is 348 g/mol. The van der Waals surface area contributed by atoms with E-state index in [1.54, 1.807) is 19.2 Å². The first-order valence-corrected chi connectivity index (χ1v) is 9.21. The third-order valence-corrected chi connectivity index (χ3v) is 4.91. The molecule has 0 amide bonds. The summed E-state index contributed by atoms with van der Waals surface area (Å²) < 4.78 is 11.1. The number of ether oxygens (including phenoxy) is 2. The Morgan fingerprint density at radius 1 is 1.16 bits per heavy atom. The van der Waals surface area contributed by atoms with Crippen molar-refractivity contribution in [1.82, 2.24) is 9.80 Å². The fourth-order valence-corrected chi connectivity index (χ4v) is 3.48. The minimum absolute atomic E-state index is 0.0307. The molecule has 25 heavy (non-hydrogen) atoms. The van der Waals surface area contributed by atoms with Crippen molar-refractivity contribution in [2.24, 2.45) is 0 Å². The molecule has 5 heteroatoms. The predicted molar refractivity (Wildman–Crippen MR) is 100 cm³/mol. The van der Waals surface area contributed by atoms with Crippen molar-refractivity contribution in [2.75, 3.05) is 41.3 Å². The summed E-state index contributed by atoms with van der Waals surface area (Å²) in [5, 5.41) is 0. The van der Waals surface area contributed by atoms with Gasteiger partial charge in [0.05, 0.1) is 12.7 Å². The number of methoxy groups -OCH3 is 1. The molecule has 1 aliphatic carbocycles. The molecule has 5 nitrogen and oxygen atoms in total. The second kappa shape index (κ2) is 9.78. The van der Waals surface area contributed by atoms with E-state index in [9.17, 15) is 4.79 Å². The van der Waals surface area contributed by atoms with Crippen molar-refractivity contribution in [3.05, 3.63) is 29.8 Å². The standard InChI is InChI=1S/C20H32N2O3/c1-21(2)13-8-14-22(3)18-11-5-6-12-19(18)25-20(23)16-9-7-10-17(15-16)24-4/h7,9-10,15,18-19H,5-6,8,11-14H2,1-4H3/t18-,19-/m1/s1. The highest BCUT2D eigenvalue weighted by Crippen LogP contribution is 2.26. The Morgan fingerprint density at radius 3 is 2.64 bits per heavy atom. The SMILES string of the molecule is COc1cccc(C(=O)O[C@@H]2CCCC[C@H]2N(C)CCCN(C)C)c1. The van der Waals surface area contributed by atoms with Gasteiger partial charge in [-0.3, -0.25) is 4.90 Å². The van der Waals surface area contributed by atoms with E-state index < -0.39 is 0 Å². The van der Waals surface area contributed by atoms with Crippen LogP contribution < -0.4 is 4.74 Å². The number of carbonyl (C=O) groups is 1. The summed E-state index contributed by atoms with van der Waals surface area (Å²) in [5.41, 5.74) is 0.555. The van der Waals surface area contributed by atoms with Gasteiger partial charge in [0.25, 0.3) is 0 Å². The van der Waals surface area contributed by atoms with Gasteiger partial charge in [0.2, 0.25) is 0 Å². The number of hydrogen-bond acceptors (Lipinski definition) is 5. The maximum absolute atomic E-state index is 12.5. The number of hydrogen-bond donors (Lipinski definition) is 0. The maximum atomic E-state index is 12.5. The van der Waals surface area contributed by atoms with Crippen LogP contribution in [0.5, 0.6) is 5.75 Å². The second-order valence-corrected chi connectivity index (χ2v) is 7.16. The molecular weight excluding hydrogens is 316 g/mol. The second-order valence-electron chi connectivity index (χ2n) is 7.16. The highest BCUT2D eigenvalue weighted by molar-refractivity contribution is 5.90. The van der Waals surface area contributed by atoms with Gasteiger partial charge in [-0.15, -0.1) is 0 Å². The first-order valence-electron chi connectivity index (χ1n) is 9.21. The topological polar surface area (TPSA) is 42.0 Å². The number of rotatable bonds is 8. The zero-order valence-electron chi connectivity index (χ0n) is 16.0. The zero-order valence-corrected chi connectivity index (χ0v) is 16.0. The van der Waals surface area contributed by atoms with Gasteiger partial charge in [0.1, 0.15) is 11.9 Å². The summed E-state index contributed by atoms with van der Waals surface area (Å²) in [6.45, 7) is 2.10. The summed E-state index contributed by atoms with van der Waals surface area (Å²) in [5.74, 6) is 0.424. The molecule has 140 valence electrons. The van der Waals surface area contributed by atoms with E-state index in [4.69, 9.17) is 9.47 Å². The molecule has 0 radical (unpaired) electrons. The molecule has 1 aromatic carbocycles. The van der Waals surface area contributed by atoms with Crippen molar-refractivity contribution < 1.29 is 14.3 Å². The molecule has 0 N–H and O–H groups in total. The van der Waals surface area contributed by atoms with Gasteiger partial charge in [-0.1, -0.05) is 12.5 Å². The molecule has 2 atom stereocenters. The molecule has 0 aliphatic heterocycles. The Bertz CT molecular complexity index is 547. The molecule has 1 aliphatic rings. The first-order chi connectivity index (χ1) is 12.0. The average Bonchev–Trinajstić information content (AvgIpc) is 2.61. The lowest BCUT2D eigenvalue weighted by Crippen LogP contribution is -2.46. The Morgan fingerprint density at radius 2 is 1.92 bits per heavy atom. The van der Waals surface area contributed by atoms with Gasteiger partial charge in [-0.2, -0.15) is 0 Å². The lowest BCUT2D eigenvalue weighted by atomic mass is 9.91. The summed E-state index contributed by atoms with van der Waals surface area (Å²) in [4.78, 5) is 17.1. The van der Waals surface area contributed by atoms with Crippen LogP contribution in [0, 0.1) is 0 Å². The van der Waals surface area contributed by atoms with Gasteiger partial charge >= 0.3 is 5.97 Å². The summed E-state index contributed by atoms with van der Waals surface area (Å²) in [7, 11) is 7.95. The molecule has 0 spiro atoms. The first kappa shape index (κ1) is 19.7. The van der Waals surface area contributed by atoms with Crippen LogP contribution >= 0.6 is 0 Å². The summed E-state index contributed by atoms with van der Waals surface area (Å²) >= 11 is 0. The van der Waals surface area contributed by atoms with Gasteiger partial charge < -0.3 is 14.4 Å². The number of carbonyl (C=O) groups excluding carboxylic acids is 1. The van der Waals surface area contributed by atoms with E-state index in [0.717, 1.165) is 38.8 Å². The van der Waals surface area contributed by atoms with Crippen LogP contribution in [0.3, 0.4) is 0 Å². The van der Waals surface area contributed by atoms with E-state index in [0.29, 0.717) is 17.4 Å². The highest BCUT2D eigenvalue weighted by Gasteiger charge is 2.31. The van der Waals surface area contributed by atoms with E-state index in [1.165, 1.54) is 6.42 Å². The van der Waals surface area contributed by atoms with E-state index in [1.807, 2.05) is 12.1 Å². The third kappa shape index (κ3) is 6.01. The van der Waals surface area contributed by atoms with Gasteiger partial charge in [0, 0.05) is 6.04 Å². The van der Waals surface area contributed by atoms with Crippen LogP contribution in [0.2, 0.25) is 0 Å². The van der Waals surface area contributed by atoms with Crippen LogP contribution in [0.25, 0.3) is 0 Å². The number of esters is 1. The minimum atomic E-state index is -0.252. The normalized spacial score (nSPS) is 20.7. The van der Waals surface area contributed by atoms with Gasteiger partial charge in [0.15, 0.2) is 0 Å². The van der Waals surface area contributed by atoms with Crippen molar-refractivity contribution in [2.45, 2.75) is 44.2 Å². The largest absolute Gasteiger partial charge is 0.497 e. The molecule has 2 rings (SSSR count). The van der Waals surface area contributed by atoms with E-state index in [2.05, 4.69) is 30.9 Å². The molecule has 0 unspecified atom stereocenters. The smallest absolute Gasteiger partial charge is 0.338 e. The number of nitrogens with zero attached hydrogens (tertiary/aromatic N) is 2. The predicted octanol–water partition coefficient (Wildman–Crippen LogP) is 3.05.